The van der Waals surface area contributed by atoms with Crippen LogP contribution in [0.3, 0.4) is 0 Å². The SMILES string of the molecule is Fc1ccc2nc(C3CCCC(CCc4cc(Cl)cc(Cl)c4)C3)[nH]c2c1. The molecule has 136 valence electrons. The molecule has 0 spiro atoms. The maximum Gasteiger partial charge on any atom is 0.125 e. The van der Waals surface area contributed by atoms with Crippen molar-refractivity contribution in [1.82, 2.24) is 9.97 Å². The smallest absolute Gasteiger partial charge is 0.125 e. The molecule has 1 fully saturated rings. The Morgan fingerprint density at radius 1 is 1.08 bits per heavy atom. The highest BCUT2D eigenvalue weighted by atomic mass is 35.5. The monoisotopic (exact) mass is 390 g/mol. The molecule has 1 heterocycles. The van der Waals surface area contributed by atoms with Gasteiger partial charge in [0.25, 0.3) is 0 Å². The van der Waals surface area contributed by atoms with E-state index in [1.54, 1.807) is 12.1 Å². The van der Waals surface area contributed by atoms with Crippen molar-refractivity contribution in [2.45, 2.75) is 44.4 Å². The number of benzene rings is 2. The van der Waals surface area contributed by atoms with E-state index >= 15 is 0 Å². The summed E-state index contributed by atoms with van der Waals surface area (Å²) in [6.07, 6.45) is 6.83. The zero-order valence-corrected chi connectivity index (χ0v) is 16.0. The first-order valence-corrected chi connectivity index (χ1v) is 9.92. The molecule has 0 saturated heterocycles. The van der Waals surface area contributed by atoms with Gasteiger partial charge in [0.1, 0.15) is 11.6 Å². The van der Waals surface area contributed by atoms with Gasteiger partial charge in [-0.25, -0.2) is 9.37 Å². The molecule has 1 saturated carbocycles. The maximum atomic E-state index is 13.4. The normalized spacial score (nSPS) is 20.6. The van der Waals surface area contributed by atoms with E-state index in [1.807, 2.05) is 12.1 Å². The van der Waals surface area contributed by atoms with Crippen molar-refractivity contribution >= 4 is 34.2 Å². The molecule has 26 heavy (non-hydrogen) atoms. The quantitative estimate of drug-likeness (QED) is 0.514. The van der Waals surface area contributed by atoms with E-state index in [1.165, 1.54) is 30.5 Å². The molecule has 5 heteroatoms. The van der Waals surface area contributed by atoms with Crippen LogP contribution in [-0.2, 0) is 6.42 Å². The number of nitrogens with zero attached hydrogens (tertiary/aromatic N) is 1. The molecule has 1 aromatic heterocycles. The molecule has 0 radical (unpaired) electrons. The van der Waals surface area contributed by atoms with E-state index in [0.29, 0.717) is 21.9 Å². The Bertz CT molecular complexity index is 901. The summed E-state index contributed by atoms with van der Waals surface area (Å²) in [7, 11) is 0. The highest BCUT2D eigenvalue weighted by Crippen LogP contribution is 2.38. The lowest BCUT2D eigenvalue weighted by atomic mass is 9.78. The van der Waals surface area contributed by atoms with Gasteiger partial charge in [0.2, 0.25) is 0 Å². The molecular weight excluding hydrogens is 370 g/mol. The topological polar surface area (TPSA) is 28.7 Å². The lowest BCUT2D eigenvalue weighted by Crippen LogP contribution is -2.16. The second-order valence-electron chi connectivity index (χ2n) is 7.33. The Labute approximate surface area is 162 Å². The van der Waals surface area contributed by atoms with Gasteiger partial charge in [-0.2, -0.15) is 0 Å². The first-order chi connectivity index (χ1) is 12.6. The van der Waals surface area contributed by atoms with E-state index in [9.17, 15) is 4.39 Å². The average Bonchev–Trinajstić information content (AvgIpc) is 3.03. The Balaban J connectivity index is 1.43. The number of H-pyrrole nitrogens is 1. The summed E-state index contributed by atoms with van der Waals surface area (Å²) in [5, 5.41) is 1.40. The third-order valence-electron chi connectivity index (χ3n) is 5.40. The molecule has 2 unspecified atom stereocenters. The van der Waals surface area contributed by atoms with Crippen molar-refractivity contribution in [2.24, 2.45) is 5.92 Å². The van der Waals surface area contributed by atoms with Crippen LogP contribution in [0, 0.1) is 11.7 Å². The van der Waals surface area contributed by atoms with Gasteiger partial charge >= 0.3 is 0 Å². The molecule has 2 nitrogen and oxygen atoms in total. The molecule has 2 aromatic carbocycles. The predicted octanol–water partition coefficient (Wildman–Crippen LogP) is 6.92. The molecular formula is C21H21Cl2FN2. The fourth-order valence-corrected chi connectivity index (χ4v) is 4.69. The van der Waals surface area contributed by atoms with Crippen LogP contribution < -0.4 is 0 Å². The van der Waals surface area contributed by atoms with Gasteiger partial charge in [0, 0.05) is 16.0 Å². The van der Waals surface area contributed by atoms with Gasteiger partial charge in [-0.15, -0.1) is 0 Å². The van der Waals surface area contributed by atoms with Gasteiger partial charge in [0.15, 0.2) is 0 Å². The molecule has 2 atom stereocenters. The highest BCUT2D eigenvalue weighted by molar-refractivity contribution is 6.34. The summed E-state index contributed by atoms with van der Waals surface area (Å²) in [6.45, 7) is 0. The van der Waals surface area contributed by atoms with Gasteiger partial charge in [-0.05, 0) is 73.6 Å². The van der Waals surface area contributed by atoms with Gasteiger partial charge < -0.3 is 4.98 Å². The fourth-order valence-electron chi connectivity index (χ4n) is 4.12. The number of hydrogen-bond acceptors (Lipinski definition) is 1. The zero-order chi connectivity index (χ0) is 18.1. The summed E-state index contributed by atoms with van der Waals surface area (Å²) in [4.78, 5) is 8.03. The number of nitrogens with one attached hydrogen (secondary N) is 1. The number of imidazole rings is 1. The summed E-state index contributed by atoms with van der Waals surface area (Å²) >= 11 is 12.2. The van der Waals surface area contributed by atoms with Crippen molar-refractivity contribution in [2.75, 3.05) is 0 Å². The van der Waals surface area contributed by atoms with Crippen LogP contribution in [0.2, 0.25) is 10.0 Å². The minimum absolute atomic E-state index is 0.227. The standard InChI is InChI=1S/C21H21Cl2FN2/c22-16-9-14(10-17(23)11-16)5-4-13-2-1-3-15(8-13)21-25-19-7-6-18(24)12-20(19)26-21/h6-7,9-13,15H,1-5,8H2,(H,25,26). The third-order valence-corrected chi connectivity index (χ3v) is 5.83. The van der Waals surface area contributed by atoms with E-state index < -0.39 is 0 Å². The number of aryl methyl sites for hydroxylation is 1. The van der Waals surface area contributed by atoms with Crippen molar-refractivity contribution in [3.05, 3.63) is 63.6 Å². The minimum Gasteiger partial charge on any atom is -0.342 e. The van der Waals surface area contributed by atoms with Gasteiger partial charge in [-0.3, -0.25) is 0 Å². The molecule has 1 aliphatic rings. The second kappa shape index (κ2) is 7.58. The molecule has 0 amide bonds. The maximum absolute atomic E-state index is 13.4. The van der Waals surface area contributed by atoms with Crippen molar-refractivity contribution < 1.29 is 4.39 Å². The lowest BCUT2D eigenvalue weighted by Gasteiger charge is -2.28. The van der Waals surface area contributed by atoms with E-state index in [4.69, 9.17) is 28.2 Å². The van der Waals surface area contributed by atoms with Crippen LogP contribution in [0.1, 0.15) is 49.4 Å². The van der Waals surface area contributed by atoms with Crippen LogP contribution in [-0.4, -0.2) is 9.97 Å². The average molecular weight is 391 g/mol. The number of rotatable bonds is 4. The first-order valence-electron chi connectivity index (χ1n) is 9.17. The van der Waals surface area contributed by atoms with Gasteiger partial charge in [0.05, 0.1) is 11.0 Å². The molecule has 1 N–H and O–H groups in total. The Morgan fingerprint density at radius 2 is 1.88 bits per heavy atom. The molecule has 1 aliphatic carbocycles. The Morgan fingerprint density at radius 3 is 2.69 bits per heavy atom. The number of fused-ring (bicyclic) bond motifs is 1. The highest BCUT2D eigenvalue weighted by Gasteiger charge is 2.25. The number of aromatic amines is 1. The zero-order valence-electron chi connectivity index (χ0n) is 14.4. The van der Waals surface area contributed by atoms with Crippen LogP contribution in [0.4, 0.5) is 4.39 Å². The Kier molecular flexibility index (Phi) is 5.19. The molecule has 0 bridgehead atoms. The Hall–Kier alpha value is -1.58. The third kappa shape index (κ3) is 4.05. The minimum atomic E-state index is -0.227. The lowest BCUT2D eigenvalue weighted by molar-refractivity contribution is 0.300. The first kappa shape index (κ1) is 17.8. The second-order valence-corrected chi connectivity index (χ2v) is 8.20. The largest absolute Gasteiger partial charge is 0.342 e. The van der Waals surface area contributed by atoms with E-state index in [0.717, 1.165) is 42.5 Å². The van der Waals surface area contributed by atoms with Crippen molar-refractivity contribution in [1.29, 1.82) is 0 Å². The fraction of sp³-hybridized carbons (Fsp3) is 0.381. The number of aromatic nitrogens is 2. The summed E-state index contributed by atoms with van der Waals surface area (Å²) in [5.41, 5.74) is 2.83. The molecule has 0 aliphatic heterocycles. The van der Waals surface area contributed by atoms with Crippen molar-refractivity contribution in [3.8, 4) is 0 Å². The molecule has 4 rings (SSSR count). The van der Waals surface area contributed by atoms with E-state index in [2.05, 4.69) is 4.98 Å². The van der Waals surface area contributed by atoms with Crippen LogP contribution in [0.15, 0.2) is 36.4 Å². The summed E-state index contributed by atoms with van der Waals surface area (Å²) < 4.78 is 13.4. The van der Waals surface area contributed by atoms with Crippen LogP contribution in [0.5, 0.6) is 0 Å². The number of hydrogen-bond donors (Lipinski definition) is 1. The predicted molar refractivity (Wildman–Crippen MR) is 106 cm³/mol. The van der Waals surface area contributed by atoms with E-state index in [-0.39, 0.29) is 5.82 Å². The van der Waals surface area contributed by atoms with Crippen LogP contribution >= 0.6 is 23.2 Å². The van der Waals surface area contributed by atoms with Gasteiger partial charge in [-0.1, -0.05) is 36.0 Å². The summed E-state index contributed by atoms with van der Waals surface area (Å²) in [5.74, 6) is 1.86. The molecule has 3 aromatic rings. The van der Waals surface area contributed by atoms with Crippen molar-refractivity contribution in [3.63, 3.8) is 0 Å². The number of halogens is 3. The van der Waals surface area contributed by atoms with Crippen LogP contribution in [0.25, 0.3) is 11.0 Å². The summed E-state index contributed by atoms with van der Waals surface area (Å²) in [6, 6.07) is 10.5.